The molecule has 0 saturated carbocycles. The maximum Gasteiger partial charge on any atom is 0.0851 e. The van der Waals surface area contributed by atoms with E-state index >= 15 is 0 Å². The van der Waals surface area contributed by atoms with Crippen LogP contribution >= 0.6 is 0 Å². The Morgan fingerprint density at radius 1 is 0.867 bits per heavy atom. The third-order valence-corrected chi connectivity index (χ3v) is 4.11. The molecular formula is C4H19B11. The highest BCUT2D eigenvalue weighted by molar-refractivity contribution is 7.74. The van der Waals surface area contributed by atoms with Crippen LogP contribution in [0.15, 0.2) is 10.9 Å². The third-order valence-electron chi connectivity index (χ3n) is 4.11. The van der Waals surface area contributed by atoms with Crippen LogP contribution in [-0.4, -0.2) is 79.2 Å². The minimum absolute atomic E-state index is 0.720. The molecule has 15 heavy (non-hydrogen) atoms. The van der Waals surface area contributed by atoms with Gasteiger partial charge in [0.1, 0.15) is 0 Å². The topological polar surface area (TPSA) is 0 Å². The molecule has 0 N–H and O–H groups in total. The van der Waals surface area contributed by atoms with Crippen molar-refractivity contribution in [2.24, 2.45) is 0 Å². The van der Waals surface area contributed by atoms with Gasteiger partial charge in [0.05, 0.1) is 66.5 Å². The van der Waals surface area contributed by atoms with Gasteiger partial charge in [-0.25, -0.2) is 0 Å². The second-order valence-electron chi connectivity index (χ2n) is 5.66. The summed E-state index contributed by atoms with van der Waals surface area (Å²) in [6.07, 6.45) is 1.52. The molecule has 0 heterocycles. The highest BCUT2D eigenvalue weighted by Gasteiger charge is 2.24. The van der Waals surface area contributed by atoms with Crippen molar-refractivity contribution in [3.05, 3.63) is 10.9 Å². The van der Waals surface area contributed by atoms with Crippen LogP contribution in [0.1, 0.15) is 13.8 Å². The van der Waals surface area contributed by atoms with Crippen molar-refractivity contribution in [2.45, 2.75) is 13.8 Å². The summed E-state index contributed by atoms with van der Waals surface area (Å²) in [7, 11) is 15.2. The lowest BCUT2D eigenvalue weighted by atomic mass is 8.79. The summed E-state index contributed by atoms with van der Waals surface area (Å²) in [4.78, 5) is 0. The lowest BCUT2D eigenvalue weighted by molar-refractivity contribution is 1.52. The Kier molecular flexibility index (Phi) is 7.12. The lowest BCUT2D eigenvalue weighted by Crippen LogP contribution is -2.47. The fourth-order valence-electron chi connectivity index (χ4n) is 2.43. The molecule has 0 nitrogen and oxygen atoms in total. The quantitative estimate of drug-likeness (QED) is 0.375. The minimum atomic E-state index is 0.720. The number of hydrogen-bond donors (Lipinski definition) is 0. The Bertz CT molecular complexity index is 221. The second-order valence-corrected chi connectivity index (χ2v) is 5.66. The molecule has 0 amide bonds. The van der Waals surface area contributed by atoms with Gasteiger partial charge in [0.15, 0.2) is 0 Å². The summed E-state index contributed by atoms with van der Waals surface area (Å²) in [5.74, 6) is 0. The van der Waals surface area contributed by atoms with Gasteiger partial charge in [-0.3, -0.25) is 0 Å². The fourth-order valence-corrected chi connectivity index (χ4v) is 2.43. The van der Waals surface area contributed by atoms with E-state index in [1.807, 2.05) is 0 Å². The minimum Gasteiger partial charge on any atom is -0.134 e. The first-order valence-electron chi connectivity index (χ1n) is 6.50. The maximum atomic E-state index is 2.36. The molecule has 0 aliphatic rings. The van der Waals surface area contributed by atoms with Crippen molar-refractivity contribution in [1.82, 2.24) is 0 Å². The zero-order chi connectivity index (χ0) is 12.2. The normalized spacial score (nSPS) is 11.3. The molecule has 0 aromatic heterocycles. The average molecular weight is 186 g/mol. The molecule has 0 unspecified atom stereocenters. The molecular weight excluding hydrogens is 167 g/mol. The SMILES string of the molecule is BBB(B(B)B)/C(C)=C(/C)B(B)B(B)B. The zero-order valence-corrected chi connectivity index (χ0v) is 12.0. The molecule has 0 radical (unpaired) electrons. The van der Waals surface area contributed by atoms with Gasteiger partial charge in [-0.1, -0.05) is 13.8 Å². The van der Waals surface area contributed by atoms with E-state index in [1.165, 1.54) is 7.06 Å². The van der Waals surface area contributed by atoms with Crippen LogP contribution in [0.4, 0.5) is 0 Å². The average Bonchev–Trinajstić information content (AvgIpc) is 2.15. The molecule has 0 aromatic rings. The third kappa shape index (κ3) is 4.45. The van der Waals surface area contributed by atoms with Gasteiger partial charge in [-0.15, -0.1) is 10.9 Å². The summed E-state index contributed by atoms with van der Waals surface area (Å²) in [5, 5.41) is 0. The van der Waals surface area contributed by atoms with Crippen molar-refractivity contribution in [3.8, 4) is 0 Å². The molecule has 0 spiro atoms. The van der Waals surface area contributed by atoms with Gasteiger partial charge in [-0.05, 0) is 0 Å². The molecule has 0 aliphatic heterocycles. The van der Waals surface area contributed by atoms with E-state index < -0.39 is 0 Å². The van der Waals surface area contributed by atoms with Crippen LogP contribution in [0.2, 0.25) is 0 Å². The molecule has 11 heteroatoms. The first-order valence-corrected chi connectivity index (χ1v) is 6.50. The van der Waals surface area contributed by atoms with Gasteiger partial charge in [0.2, 0.25) is 0 Å². The molecule has 68 valence electrons. The molecule has 0 bridgehead atoms. The molecule has 0 atom stereocenters. The molecule has 0 aliphatic carbocycles. The highest BCUT2D eigenvalue weighted by atomic mass is 13.8. The van der Waals surface area contributed by atoms with Gasteiger partial charge in [0, 0.05) is 12.8 Å². The number of rotatable bonds is 5. The van der Waals surface area contributed by atoms with Crippen molar-refractivity contribution in [3.63, 3.8) is 0 Å². The smallest absolute Gasteiger partial charge is 0.0851 e. The van der Waals surface area contributed by atoms with E-state index in [1.54, 1.807) is 10.9 Å². The zero-order valence-electron chi connectivity index (χ0n) is 12.0. The molecule has 0 fully saturated rings. The molecule has 0 saturated heterocycles. The standard InChI is InChI=1S/C4H19B11/c1-3(12(6)14(7)8)4(2)13(11-5)15(9)10/h11H,5-10H2,1-2H3/b4-3-. The first kappa shape index (κ1) is 15.5. The van der Waals surface area contributed by atoms with Gasteiger partial charge in [-0.2, -0.15) is 0 Å². The maximum absolute atomic E-state index is 2.36. The Balaban J connectivity index is 4.89. The van der Waals surface area contributed by atoms with Crippen molar-refractivity contribution in [1.29, 1.82) is 0 Å². The number of hydrogen-bond acceptors (Lipinski definition) is 0. The predicted molar refractivity (Wildman–Crippen MR) is 99.8 cm³/mol. The van der Waals surface area contributed by atoms with E-state index in [0.29, 0.717) is 0 Å². The van der Waals surface area contributed by atoms with Crippen LogP contribution < -0.4 is 0 Å². The second kappa shape index (κ2) is 6.91. The van der Waals surface area contributed by atoms with Crippen LogP contribution in [-0.2, 0) is 0 Å². The van der Waals surface area contributed by atoms with Gasteiger partial charge in [0.25, 0.3) is 0 Å². The number of allylic oxidation sites excluding steroid dienone is 2. The van der Waals surface area contributed by atoms with Crippen molar-refractivity contribution >= 4 is 79.2 Å². The fraction of sp³-hybridized carbons (Fsp3) is 0.500. The van der Waals surface area contributed by atoms with E-state index in [0.717, 1.165) is 25.8 Å². The van der Waals surface area contributed by atoms with Crippen LogP contribution in [0.3, 0.4) is 0 Å². The van der Waals surface area contributed by atoms with Crippen LogP contribution in [0.5, 0.6) is 0 Å². The van der Waals surface area contributed by atoms with E-state index in [-0.39, 0.29) is 0 Å². The Morgan fingerprint density at radius 3 is 1.60 bits per heavy atom. The van der Waals surface area contributed by atoms with E-state index in [2.05, 4.69) is 60.3 Å². The van der Waals surface area contributed by atoms with E-state index in [9.17, 15) is 0 Å². The Morgan fingerprint density at radius 2 is 1.33 bits per heavy atom. The summed E-state index contributed by atoms with van der Waals surface area (Å²) in [6.45, 7) is 6.15. The van der Waals surface area contributed by atoms with Crippen molar-refractivity contribution in [2.75, 3.05) is 0 Å². The Labute approximate surface area is 104 Å². The van der Waals surface area contributed by atoms with Crippen LogP contribution in [0, 0.1) is 0 Å². The van der Waals surface area contributed by atoms with Gasteiger partial charge >= 0.3 is 0 Å². The Hall–Kier alpha value is 0.454. The summed E-state index contributed by atoms with van der Waals surface area (Å²) in [5.41, 5.74) is 3.25. The summed E-state index contributed by atoms with van der Waals surface area (Å²) >= 11 is 0. The lowest BCUT2D eigenvalue weighted by Gasteiger charge is -2.22. The molecule has 0 aromatic carbocycles. The summed E-state index contributed by atoms with van der Waals surface area (Å²) < 4.78 is 0. The monoisotopic (exact) mass is 188 g/mol. The predicted octanol–water partition coefficient (Wildman–Crippen LogP) is -6.33. The van der Waals surface area contributed by atoms with Crippen molar-refractivity contribution < 1.29 is 0 Å². The first-order chi connectivity index (χ1) is 6.82. The van der Waals surface area contributed by atoms with Crippen LogP contribution in [0.25, 0.3) is 0 Å². The largest absolute Gasteiger partial charge is 0.134 e. The highest BCUT2D eigenvalue weighted by Crippen LogP contribution is 2.09. The van der Waals surface area contributed by atoms with E-state index in [4.69, 9.17) is 0 Å². The molecule has 0 rings (SSSR count). The van der Waals surface area contributed by atoms with Gasteiger partial charge < -0.3 is 0 Å². The summed E-state index contributed by atoms with van der Waals surface area (Å²) in [6, 6.07) is 0.